The second-order valence-electron chi connectivity index (χ2n) is 6.39. The molecule has 0 atom stereocenters. The molecule has 1 aliphatic rings. The van der Waals surface area contributed by atoms with E-state index in [2.05, 4.69) is 36.4 Å². The van der Waals surface area contributed by atoms with E-state index in [0.29, 0.717) is 0 Å². The minimum Gasteiger partial charge on any atom is -0.447 e. The molecular weight excluding hydrogens is 316 g/mol. The quantitative estimate of drug-likeness (QED) is 0.516. The van der Waals surface area contributed by atoms with Crippen LogP contribution in [0.3, 0.4) is 0 Å². The van der Waals surface area contributed by atoms with E-state index in [0.717, 1.165) is 17.1 Å². The molecule has 0 saturated heterocycles. The second kappa shape index (κ2) is 5.69. The molecule has 0 spiro atoms. The van der Waals surface area contributed by atoms with Crippen LogP contribution in [-0.4, -0.2) is 5.11 Å². The number of rotatable bonds is 2. The maximum atomic E-state index is 10.2. The number of aliphatic hydroxyl groups is 1. The van der Waals surface area contributed by atoms with Crippen molar-refractivity contribution in [1.29, 1.82) is 0 Å². The van der Waals surface area contributed by atoms with Gasteiger partial charge in [0.15, 0.2) is 16.4 Å². The predicted octanol–water partition coefficient (Wildman–Crippen LogP) is 5.12. The standard InChI is InChI=1S/C21H19O2S/c1-21(2,22)15-11-13-16(14-12-15)24-19-9-5-3-7-17(19)23-18-8-4-6-10-20(18)24/h3-14,22H,1-2H3/q+1. The van der Waals surface area contributed by atoms with Gasteiger partial charge in [-0.3, -0.25) is 0 Å². The van der Waals surface area contributed by atoms with Gasteiger partial charge in [0.25, 0.3) is 0 Å². The van der Waals surface area contributed by atoms with E-state index in [9.17, 15) is 5.11 Å². The fourth-order valence-corrected chi connectivity index (χ4v) is 5.10. The van der Waals surface area contributed by atoms with Gasteiger partial charge >= 0.3 is 0 Å². The summed E-state index contributed by atoms with van der Waals surface area (Å²) >= 11 is 0. The third-order valence-corrected chi connectivity index (χ3v) is 6.45. The molecule has 0 unspecified atom stereocenters. The zero-order chi connectivity index (χ0) is 16.7. The van der Waals surface area contributed by atoms with Crippen molar-refractivity contribution in [2.24, 2.45) is 0 Å². The molecule has 1 N–H and O–H groups in total. The van der Waals surface area contributed by atoms with Crippen molar-refractivity contribution >= 4 is 10.9 Å². The highest BCUT2D eigenvalue weighted by Gasteiger charge is 2.38. The highest BCUT2D eigenvalue weighted by atomic mass is 32.2. The summed E-state index contributed by atoms with van der Waals surface area (Å²) in [6, 6.07) is 24.7. The smallest absolute Gasteiger partial charge is 0.209 e. The van der Waals surface area contributed by atoms with Crippen molar-refractivity contribution in [2.75, 3.05) is 0 Å². The molecule has 3 heteroatoms. The molecule has 120 valence electrons. The summed E-state index contributed by atoms with van der Waals surface area (Å²) in [6.07, 6.45) is 0. The van der Waals surface area contributed by atoms with E-state index < -0.39 is 5.60 Å². The summed E-state index contributed by atoms with van der Waals surface area (Å²) in [7, 11) is -0.200. The first-order valence-electron chi connectivity index (χ1n) is 7.97. The third kappa shape index (κ3) is 2.60. The molecule has 0 aliphatic carbocycles. The molecule has 0 bridgehead atoms. The summed E-state index contributed by atoms with van der Waals surface area (Å²) in [5.74, 6) is 1.84. The number of ether oxygens (including phenoxy) is 1. The summed E-state index contributed by atoms with van der Waals surface area (Å²) in [5.41, 5.74) is 0.0947. The first-order valence-corrected chi connectivity index (χ1v) is 9.20. The van der Waals surface area contributed by atoms with E-state index in [1.54, 1.807) is 0 Å². The lowest BCUT2D eigenvalue weighted by atomic mass is 9.99. The van der Waals surface area contributed by atoms with Gasteiger partial charge in [-0.1, -0.05) is 36.4 Å². The van der Waals surface area contributed by atoms with Crippen molar-refractivity contribution in [1.82, 2.24) is 0 Å². The number of hydrogen-bond donors (Lipinski definition) is 1. The van der Waals surface area contributed by atoms with Crippen LogP contribution >= 0.6 is 0 Å². The molecule has 4 rings (SSSR count). The van der Waals surface area contributed by atoms with Crippen LogP contribution in [0.1, 0.15) is 19.4 Å². The fraction of sp³-hybridized carbons (Fsp3) is 0.143. The first kappa shape index (κ1) is 15.3. The van der Waals surface area contributed by atoms with Crippen LogP contribution in [0.15, 0.2) is 87.5 Å². The summed E-state index contributed by atoms with van der Waals surface area (Å²) in [5, 5.41) is 10.2. The SMILES string of the molecule is CC(C)(O)c1ccc([S+]2c3ccccc3Oc3ccccc32)cc1. The predicted molar refractivity (Wildman–Crippen MR) is 96.8 cm³/mol. The highest BCUT2D eigenvalue weighted by Crippen LogP contribution is 2.46. The van der Waals surface area contributed by atoms with Gasteiger partial charge < -0.3 is 9.84 Å². The Kier molecular flexibility index (Phi) is 3.63. The van der Waals surface area contributed by atoms with Crippen molar-refractivity contribution in [3.8, 4) is 11.5 Å². The topological polar surface area (TPSA) is 29.5 Å². The van der Waals surface area contributed by atoms with Gasteiger partial charge in [0.05, 0.1) is 5.60 Å². The molecule has 1 heterocycles. The molecule has 0 saturated carbocycles. The summed E-state index contributed by atoms with van der Waals surface area (Å²) in [6.45, 7) is 3.62. The van der Waals surface area contributed by atoms with Crippen LogP contribution in [0.25, 0.3) is 0 Å². The molecule has 0 radical (unpaired) electrons. The van der Waals surface area contributed by atoms with E-state index in [1.807, 2.05) is 50.2 Å². The zero-order valence-corrected chi connectivity index (χ0v) is 14.5. The zero-order valence-electron chi connectivity index (χ0n) is 13.7. The van der Waals surface area contributed by atoms with Crippen LogP contribution < -0.4 is 4.74 Å². The first-order chi connectivity index (χ1) is 11.5. The van der Waals surface area contributed by atoms with Crippen molar-refractivity contribution < 1.29 is 9.84 Å². The minimum absolute atomic E-state index is 0.200. The highest BCUT2D eigenvalue weighted by molar-refractivity contribution is 7.97. The van der Waals surface area contributed by atoms with E-state index in [-0.39, 0.29) is 10.9 Å². The molecule has 3 aromatic rings. The van der Waals surface area contributed by atoms with Gasteiger partial charge in [-0.2, -0.15) is 0 Å². The van der Waals surface area contributed by atoms with Crippen molar-refractivity contribution in [2.45, 2.75) is 34.1 Å². The number of hydrogen-bond acceptors (Lipinski definition) is 2. The Balaban J connectivity index is 1.86. The Morgan fingerprint density at radius 1 is 0.750 bits per heavy atom. The van der Waals surface area contributed by atoms with Gasteiger partial charge in [-0.05, 0) is 55.8 Å². The Hall–Kier alpha value is -2.23. The molecular formula is C21H19O2S+. The van der Waals surface area contributed by atoms with Crippen molar-refractivity contribution in [3.63, 3.8) is 0 Å². The van der Waals surface area contributed by atoms with E-state index in [1.165, 1.54) is 14.7 Å². The van der Waals surface area contributed by atoms with E-state index in [4.69, 9.17) is 4.74 Å². The molecule has 24 heavy (non-hydrogen) atoms. The fourth-order valence-electron chi connectivity index (χ4n) is 2.90. The lowest BCUT2D eigenvalue weighted by Gasteiger charge is -2.21. The van der Waals surface area contributed by atoms with Gasteiger partial charge in [0, 0.05) is 0 Å². The van der Waals surface area contributed by atoms with Crippen LogP contribution in [0.4, 0.5) is 0 Å². The molecule has 0 amide bonds. The molecule has 2 nitrogen and oxygen atoms in total. The third-order valence-electron chi connectivity index (χ3n) is 4.15. The minimum atomic E-state index is -0.826. The van der Waals surface area contributed by atoms with Gasteiger partial charge in [-0.15, -0.1) is 0 Å². The average molecular weight is 335 g/mol. The van der Waals surface area contributed by atoms with E-state index >= 15 is 0 Å². The number of para-hydroxylation sites is 2. The summed E-state index contributed by atoms with van der Waals surface area (Å²) < 4.78 is 6.07. The Morgan fingerprint density at radius 3 is 1.75 bits per heavy atom. The molecule has 1 aliphatic heterocycles. The molecule has 0 aromatic heterocycles. The normalized spacial score (nSPS) is 13.8. The second-order valence-corrected chi connectivity index (χ2v) is 8.35. The molecule has 3 aromatic carbocycles. The maximum absolute atomic E-state index is 10.2. The number of fused-ring (bicyclic) bond motifs is 2. The Labute approximate surface area is 145 Å². The van der Waals surface area contributed by atoms with Gasteiger partial charge in [0.1, 0.15) is 10.9 Å². The largest absolute Gasteiger partial charge is 0.447 e. The Bertz CT molecular complexity index is 833. The number of benzene rings is 3. The van der Waals surface area contributed by atoms with Gasteiger partial charge in [-0.25, -0.2) is 0 Å². The van der Waals surface area contributed by atoms with Crippen LogP contribution in [0, 0.1) is 0 Å². The van der Waals surface area contributed by atoms with Crippen LogP contribution in [-0.2, 0) is 16.5 Å². The average Bonchev–Trinajstić information content (AvgIpc) is 2.59. The maximum Gasteiger partial charge on any atom is 0.209 e. The molecule has 0 fully saturated rings. The van der Waals surface area contributed by atoms with Crippen LogP contribution in [0.5, 0.6) is 11.5 Å². The lowest BCUT2D eigenvalue weighted by Crippen LogP contribution is -2.16. The monoisotopic (exact) mass is 335 g/mol. The summed E-state index contributed by atoms with van der Waals surface area (Å²) in [4.78, 5) is 3.63. The Morgan fingerprint density at radius 2 is 1.25 bits per heavy atom. The lowest BCUT2D eigenvalue weighted by molar-refractivity contribution is 0.0785. The van der Waals surface area contributed by atoms with Crippen molar-refractivity contribution in [3.05, 3.63) is 78.4 Å². The van der Waals surface area contributed by atoms with Gasteiger partial charge in [0.2, 0.25) is 9.79 Å². The van der Waals surface area contributed by atoms with Crippen LogP contribution in [0.2, 0.25) is 0 Å².